The van der Waals surface area contributed by atoms with Gasteiger partial charge in [0.1, 0.15) is 5.82 Å². The molecular formula is C15H30N4. The van der Waals surface area contributed by atoms with Crippen LogP contribution in [0.3, 0.4) is 0 Å². The van der Waals surface area contributed by atoms with Crippen molar-refractivity contribution in [2.45, 2.75) is 77.8 Å². The van der Waals surface area contributed by atoms with Crippen LogP contribution < -0.4 is 11.3 Å². The van der Waals surface area contributed by atoms with Crippen molar-refractivity contribution in [3.8, 4) is 0 Å². The van der Waals surface area contributed by atoms with Crippen molar-refractivity contribution in [3.05, 3.63) is 18.2 Å². The van der Waals surface area contributed by atoms with Crippen molar-refractivity contribution in [2.24, 2.45) is 5.84 Å². The van der Waals surface area contributed by atoms with E-state index in [4.69, 9.17) is 5.84 Å². The molecule has 19 heavy (non-hydrogen) atoms. The second-order valence-corrected chi connectivity index (χ2v) is 5.31. The predicted molar refractivity (Wildman–Crippen MR) is 80.7 cm³/mol. The molecule has 1 rings (SSSR count). The van der Waals surface area contributed by atoms with E-state index in [1.165, 1.54) is 32.1 Å². The van der Waals surface area contributed by atoms with Gasteiger partial charge in [-0.3, -0.25) is 11.3 Å². The van der Waals surface area contributed by atoms with Gasteiger partial charge < -0.3 is 4.57 Å². The zero-order valence-corrected chi connectivity index (χ0v) is 12.6. The molecule has 1 atom stereocenters. The van der Waals surface area contributed by atoms with Crippen molar-refractivity contribution in [1.82, 2.24) is 15.0 Å². The molecule has 0 aliphatic heterocycles. The van der Waals surface area contributed by atoms with E-state index in [1.807, 2.05) is 6.20 Å². The number of hydrazine groups is 1. The molecule has 0 saturated heterocycles. The third-order valence-corrected chi connectivity index (χ3v) is 3.59. The lowest BCUT2D eigenvalue weighted by molar-refractivity contribution is 0.445. The zero-order chi connectivity index (χ0) is 13.9. The molecule has 4 heteroatoms. The highest BCUT2D eigenvalue weighted by Crippen LogP contribution is 2.10. The Bertz CT molecular complexity index is 322. The minimum atomic E-state index is 0.347. The number of hydrogen-bond acceptors (Lipinski definition) is 3. The number of rotatable bonds is 11. The molecule has 0 radical (unpaired) electrons. The van der Waals surface area contributed by atoms with Gasteiger partial charge in [-0.1, -0.05) is 46.0 Å². The van der Waals surface area contributed by atoms with E-state index in [0.29, 0.717) is 6.04 Å². The van der Waals surface area contributed by atoms with Gasteiger partial charge in [-0.05, 0) is 12.8 Å². The molecule has 1 unspecified atom stereocenters. The lowest BCUT2D eigenvalue weighted by Crippen LogP contribution is -2.37. The van der Waals surface area contributed by atoms with E-state index in [2.05, 4.69) is 35.0 Å². The molecule has 4 nitrogen and oxygen atoms in total. The van der Waals surface area contributed by atoms with E-state index in [0.717, 1.165) is 31.6 Å². The standard InChI is InChI=1S/C15H30N4/c1-3-5-6-7-8-9-14(18-16)13-15-17-10-12-19(15)11-4-2/h10,12,14,18H,3-9,11,13,16H2,1-2H3. The summed E-state index contributed by atoms with van der Waals surface area (Å²) in [7, 11) is 0. The van der Waals surface area contributed by atoms with Crippen LogP contribution in [0.15, 0.2) is 12.4 Å². The monoisotopic (exact) mass is 266 g/mol. The average molecular weight is 266 g/mol. The molecule has 1 heterocycles. The summed E-state index contributed by atoms with van der Waals surface area (Å²) in [5.41, 5.74) is 2.95. The lowest BCUT2D eigenvalue weighted by Gasteiger charge is -2.16. The molecule has 1 aromatic rings. The van der Waals surface area contributed by atoms with Crippen LogP contribution in [0.25, 0.3) is 0 Å². The summed E-state index contributed by atoms with van der Waals surface area (Å²) in [5.74, 6) is 6.82. The highest BCUT2D eigenvalue weighted by atomic mass is 15.2. The van der Waals surface area contributed by atoms with Crippen LogP contribution >= 0.6 is 0 Å². The topological polar surface area (TPSA) is 55.9 Å². The molecular weight excluding hydrogens is 236 g/mol. The van der Waals surface area contributed by atoms with Crippen LogP contribution in [0, 0.1) is 0 Å². The van der Waals surface area contributed by atoms with Gasteiger partial charge >= 0.3 is 0 Å². The number of nitrogens with one attached hydrogen (secondary N) is 1. The largest absolute Gasteiger partial charge is 0.335 e. The Hall–Kier alpha value is -0.870. The Morgan fingerprint density at radius 2 is 2.00 bits per heavy atom. The molecule has 110 valence electrons. The van der Waals surface area contributed by atoms with Crippen molar-refractivity contribution >= 4 is 0 Å². The first-order valence-corrected chi connectivity index (χ1v) is 7.77. The molecule has 0 aliphatic rings. The fraction of sp³-hybridized carbons (Fsp3) is 0.800. The minimum absolute atomic E-state index is 0.347. The molecule has 0 bridgehead atoms. The van der Waals surface area contributed by atoms with Crippen molar-refractivity contribution < 1.29 is 0 Å². The van der Waals surface area contributed by atoms with Gasteiger partial charge in [0.2, 0.25) is 0 Å². The zero-order valence-electron chi connectivity index (χ0n) is 12.6. The third kappa shape index (κ3) is 6.21. The van der Waals surface area contributed by atoms with Crippen LogP contribution in [0.4, 0.5) is 0 Å². The smallest absolute Gasteiger partial charge is 0.110 e. The first kappa shape index (κ1) is 16.2. The minimum Gasteiger partial charge on any atom is -0.335 e. The van der Waals surface area contributed by atoms with Gasteiger partial charge in [-0.25, -0.2) is 4.98 Å². The van der Waals surface area contributed by atoms with E-state index in [9.17, 15) is 0 Å². The SMILES string of the molecule is CCCCCCCC(Cc1nccn1CCC)NN. The van der Waals surface area contributed by atoms with Gasteiger partial charge in [0, 0.05) is 31.4 Å². The summed E-state index contributed by atoms with van der Waals surface area (Å²) >= 11 is 0. The highest BCUT2D eigenvalue weighted by molar-refractivity contribution is 4.95. The Labute approximate surface area is 117 Å². The van der Waals surface area contributed by atoms with Crippen LogP contribution in [0.2, 0.25) is 0 Å². The summed E-state index contributed by atoms with van der Waals surface area (Å²) < 4.78 is 2.24. The fourth-order valence-electron chi connectivity index (χ4n) is 2.43. The number of aryl methyl sites for hydroxylation is 1. The van der Waals surface area contributed by atoms with Gasteiger partial charge in [0.25, 0.3) is 0 Å². The molecule has 0 spiro atoms. The predicted octanol–water partition coefficient (Wildman–Crippen LogP) is 3.03. The summed E-state index contributed by atoms with van der Waals surface area (Å²) in [6, 6.07) is 0.347. The maximum absolute atomic E-state index is 5.67. The first-order chi connectivity index (χ1) is 9.31. The van der Waals surface area contributed by atoms with Crippen LogP contribution in [0.1, 0.15) is 64.6 Å². The first-order valence-electron chi connectivity index (χ1n) is 7.77. The number of unbranched alkanes of at least 4 members (excludes halogenated alkanes) is 4. The van der Waals surface area contributed by atoms with E-state index in [-0.39, 0.29) is 0 Å². The summed E-state index contributed by atoms with van der Waals surface area (Å²) in [4.78, 5) is 4.45. The quantitative estimate of drug-likeness (QED) is 0.368. The van der Waals surface area contributed by atoms with Gasteiger partial charge in [-0.2, -0.15) is 0 Å². The normalized spacial score (nSPS) is 12.8. The number of hydrogen-bond donors (Lipinski definition) is 2. The van der Waals surface area contributed by atoms with Gasteiger partial charge in [-0.15, -0.1) is 0 Å². The molecule has 0 fully saturated rings. The number of aromatic nitrogens is 2. The Morgan fingerprint density at radius 3 is 2.68 bits per heavy atom. The third-order valence-electron chi connectivity index (χ3n) is 3.59. The van der Waals surface area contributed by atoms with Crippen molar-refractivity contribution in [3.63, 3.8) is 0 Å². The van der Waals surface area contributed by atoms with E-state index < -0.39 is 0 Å². The highest BCUT2D eigenvalue weighted by Gasteiger charge is 2.11. The molecule has 0 aliphatic carbocycles. The maximum atomic E-state index is 5.67. The number of nitrogens with zero attached hydrogens (tertiary/aromatic N) is 2. The second kappa shape index (κ2) is 9.98. The van der Waals surface area contributed by atoms with Crippen molar-refractivity contribution in [1.29, 1.82) is 0 Å². The number of nitrogens with two attached hydrogens (primary N) is 1. The average Bonchev–Trinajstić information content (AvgIpc) is 2.85. The Morgan fingerprint density at radius 1 is 1.21 bits per heavy atom. The summed E-state index contributed by atoms with van der Waals surface area (Å²) in [5, 5.41) is 0. The van der Waals surface area contributed by atoms with Crippen LogP contribution in [-0.2, 0) is 13.0 Å². The molecule has 1 aromatic heterocycles. The molecule has 0 amide bonds. The second-order valence-electron chi connectivity index (χ2n) is 5.31. The molecule has 0 saturated carbocycles. The number of imidazole rings is 1. The van der Waals surface area contributed by atoms with Crippen LogP contribution in [0.5, 0.6) is 0 Å². The Kier molecular flexibility index (Phi) is 8.50. The Balaban J connectivity index is 2.32. The molecule has 3 N–H and O–H groups in total. The van der Waals surface area contributed by atoms with Crippen molar-refractivity contribution in [2.75, 3.05) is 0 Å². The van der Waals surface area contributed by atoms with E-state index in [1.54, 1.807) is 0 Å². The summed E-state index contributed by atoms with van der Waals surface area (Å²) in [6.07, 6.45) is 13.7. The molecule has 0 aromatic carbocycles. The fourth-order valence-corrected chi connectivity index (χ4v) is 2.43. The van der Waals surface area contributed by atoms with Gasteiger partial charge in [0.15, 0.2) is 0 Å². The van der Waals surface area contributed by atoms with E-state index >= 15 is 0 Å². The maximum Gasteiger partial charge on any atom is 0.110 e. The van der Waals surface area contributed by atoms with Gasteiger partial charge in [0.05, 0.1) is 0 Å². The lowest BCUT2D eigenvalue weighted by atomic mass is 10.0. The van der Waals surface area contributed by atoms with Crippen LogP contribution in [-0.4, -0.2) is 15.6 Å². The summed E-state index contributed by atoms with van der Waals surface area (Å²) in [6.45, 7) is 5.48.